The zero-order chi connectivity index (χ0) is 14.7. The number of methoxy groups -OCH3 is 1. The first kappa shape index (κ1) is 14.3. The van der Waals surface area contributed by atoms with Crippen molar-refractivity contribution in [2.45, 2.75) is 33.1 Å². The first-order chi connectivity index (χ1) is 9.52. The van der Waals surface area contributed by atoms with Crippen molar-refractivity contribution in [2.24, 2.45) is 0 Å². The summed E-state index contributed by atoms with van der Waals surface area (Å²) in [7, 11) is 1.59. The van der Waals surface area contributed by atoms with Gasteiger partial charge in [-0.15, -0.1) is 0 Å². The average molecular weight is 274 g/mol. The van der Waals surface area contributed by atoms with Crippen LogP contribution >= 0.6 is 0 Å². The molecule has 4 heteroatoms. The summed E-state index contributed by atoms with van der Waals surface area (Å²) in [5.41, 5.74) is 1.55. The smallest absolute Gasteiger partial charge is 0.176 e. The summed E-state index contributed by atoms with van der Waals surface area (Å²) in [6.45, 7) is 3.34. The largest absolute Gasteiger partial charge is 0.493 e. The molecular formula is C16H18O4. The third-order valence-electron chi connectivity index (χ3n) is 3.33. The van der Waals surface area contributed by atoms with E-state index in [1.54, 1.807) is 7.11 Å². The zero-order valence-electron chi connectivity index (χ0n) is 12.0. The van der Waals surface area contributed by atoms with Gasteiger partial charge < -0.3 is 13.9 Å². The molecule has 0 bridgehead atoms. The minimum Gasteiger partial charge on any atom is -0.493 e. The van der Waals surface area contributed by atoms with E-state index in [0.29, 0.717) is 24.2 Å². The van der Waals surface area contributed by atoms with Gasteiger partial charge >= 0.3 is 0 Å². The molecule has 2 rings (SSSR count). The van der Waals surface area contributed by atoms with Crippen molar-refractivity contribution in [3.63, 3.8) is 0 Å². The third kappa shape index (κ3) is 2.90. The van der Waals surface area contributed by atoms with Gasteiger partial charge in [-0.25, -0.2) is 0 Å². The Labute approximate surface area is 117 Å². The van der Waals surface area contributed by atoms with E-state index in [0.717, 1.165) is 16.7 Å². The van der Waals surface area contributed by atoms with Gasteiger partial charge in [0.2, 0.25) is 0 Å². The molecule has 0 fully saturated rings. The predicted molar refractivity (Wildman–Crippen MR) is 76.1 cm³/mol. The fourth-order valence-corrected chi connectivity index (χ4v) is 2.24. The van der Waals surface area contributed by atoms with Crippen LogP contribution in [-0.4, -0.2) is 18.7 Å². The number of hydrogen-bond acceptors (Lipinski definition) is 4. The lowest BCUT2D eigenvalue weighted by molar-refractivity contribution is -0.122. The number of benzene rings is 1. The molecule has 0 aliphatic rings. The van der Waals surface area contributed by atoms with Gasteiger partial charge in [0.1, 0.15) is 17.3 Å². The molecule has 4 nitrogen and oxygen atoms in total. The summed E-state index contributed by atoms with van der Waals surface area (Å²) in [4.78, 5) is 22.9. The molecular weight excluding hydrogens is 256 g/mol. The minimum absolute atomic E-state index is 0.0359. The lowest BCUT2D eigenvalue weighted by Crippen LogP contribution is -2.05. The number of fused-ring (bicyclic) bond motifs is 1. The Bertz CT molecular complexity index is 652. The molecule has 1 aromatic heterocycles. The van der Waals surface area contributed by atoms with Gasteiger partial charge in [-0.05, 0) is 19.9 Å². The van der Waals surface area contributed by atoms with Gasteiger partial charge in [0.25, 0.3) is 0 Å². The highest BCUT2D eigenvalue weighted by atomic mass is 16.5. The Morgan fingerprint density at radius 1 is 1.25 bits per heavy atom. The standard InChI is InChI=1S/C16H18O4/c1-10(17)7-8-12(18)9-14-11(2)20-16-13(14)5-4-6-15(16)19-3/h4-6H,7-9H2,1-3H3. The molecule has 0 unspecified atom stereocenters. The SMILES string of the molecule is COc1cccc2c(CC(=O)CCC(C)=O)c(C)oc12. The Morgan fingerprint density at radius 2 is 2.00 bits per heavy atom. The fourth-order valence-electron chi connectivity index (χ4n) is 2.24. The second kappa shape index (κ2) is 5.90. The molecule has 0 spiro atoms. The fraction of sp³-hybridized carbons (Fsp3) is 0.375. The number of carbonyl (C=O) groups is 2. The van der Waals surface area contributed by atoms with Gasteiger partial charge in [0.15, 0.2) is 11.3 Å². The van der Waals surface area contributed by atoms with Gasteiger partial charge in [0.05, 0.1) is 7.11 Å². The number of aryl methyl sites for hydroxylation is 1. The first-order valence-electron chi connectivity index (χ1n) is 6.59. The second-order valence-electron chi connectivity index (χ2n) is 4.89. The normalized spacial score (nSPS) is 10.8. The van der Waals surface area contributed by atoms with Crippen molar-refractivity contribution < 1.29 is 18.7 Å². The maximum absolute atomic E-state index is 11.9. The highest BCUT2D eigenvalue weighted by Gasteiger charge is 2.17. The summed E-state index contributed by atoms with van der Waals surface area (Å²) < 4.78 is 11.0. The van der Waals surface area contributed by atoms with Crippen LogP contribution in [0.4, 0.5) is 0 Å². The molecule has 0 atom stereocenters. The van der Waals surface area contributed by atoms with Gasteiger partial charge in [-0.3, -0.25) is 4.79 Å². The summed E-state index contributed by atoms with van der Waals surface area (Å²) in [6.07, 6.45) is 0.877. The second-order valence-corrected chi connectivity index (χ2v) is 4.89. The Balaban J connectivity index is 2.28. The van der Waals surface area contributed by atoms with Crippen molar-refractivity contribution in [2.75, 3.05) is 7.11 Å². The van der Waals surface area contributed by atoms with E-state index in [1.807, 2.05) is 25.1 Å². The van der Waals surface area contributed by atoms with Crippen LogP contribution < -0.4 is 4.74 Å². The lowest BCUT2D eigenvalue weighted by Gasteiger charge is -2.01. The van der Waals surface area contributed by atoms with E-state index in [9.17, 15) is 9.59 Å². The maximum Gasteiger partial charge on any atom is 0.176 e. The van der Waals surface area contributed by atoms with E-state index < -0.39 is 0 Å². The van der Waals surface area contributed by atoms with Crippen molar-refractivity contribution in [3.05, 3.63) is 29.5 Å². The molecule has 2 aromatic rings. The topological polar surface area (TPSA) is 56.5 Å². The number of ketones is 2. The van der Waals surface area contributed by atoms with Crippen LogP contribution in [0.3, 0.4) is 0 Å². The van der Waals surface area contributed by atoms with Crippen molar-refractivity contribution in [1.82, 2.24) is 0 Å². The van der Waals surface area contributed by atoms with Crippen molar-refractivity contribution in [1.29, 1.82) is 0 Å². The quantitative estimate of drug-likeness (QED) is 0.811. The monoisotopic (exact) mass is 274 g/mol. The van der Waals surface area contributed by atoms with Crippen molar-refractivity contribution in [3.8, 4) is 5.75 Å². The third-order valence-corrected chi connectivity index (χ3v) is 3.33. The van der Waals surface area contributed by atoms with E-state index >= 15 is 0 Å². The molecule has 0 aliphatic carbocycles. The molecule has 1 aromatic carbocycles. The average Bonchev–Trinajstić information content (AvgIpc) is 2.73. The summed E-state index contributed by atoms with van der Waals surface area (Å²) in [6, 6.07) is 5.62. The van der Waals surface area contributed by atoms with Crippen LogP contribution in [0, 0.1) is 6.92 Å². The van der Waals surface area contributed by atoms with Crippen LogP contribution in [0.15, 0.2) is 22.6 Å². The van der Waals surface area contributed by atoms with Gasteiger partial charge in [-0.2, -0.15) is 0 Å². The number of hydrogen-bond donors (Lipinski definition) is 0. The Kier molecular flexibility index (Phi) is 4.23. The number of ether oxygens (including phenoxy) is 1. The van der Waals surface area contributed by atoms with E-state index in [2.05, 4.69) is 0 Å². The summed E-state index contributed by atoms with van der Waals surface area (Å²) in [5, 5.41) is 0.901. The Hall–Kier alpha value is -2.10. The molecule has 0 N–H and O–H groups in total. The number of para-hydroxylation sites is 1. The van der Waals surface area contributed by atoms with E-state index in [4.69, 9.17) is 9.15 Å². The molecule has 106 valence electrons. The van der Waals surface area contributed by atoms with E-state index in [1.165, 1.54) is 6.92 Å². The van der Waals surface area contributed by atoms with Crippen LogP contribution in [-0.2, 0) is 16.0 Å². The zero-order valence-corrected chi connectivity index (χ0v) is 12.0. The van der Waals surface area contributed by atoms with Gasteiger partial charge in [-0.1, -0.05) is 12.1 Å². The Morgan fingerprint density at radius 3 is 2.65 bits per heavy atom. The molecule has 0 aliphatic heterocycles. The molecule has 1 heterocycles. The van der Waals surface area contributed by atoms with Crippen LogP contribution in [0.25, 0.3) is 11.0 Å². The highest BCUT2D eigenvalue weighted by Crippen LogP contribution is 2.32. The number of Topliss-reactive ketones (excluding diaryl/α,β-unsaturated/α-hetero) is 2. The molecule has 0 radical (unpaired) electrons. The van der Waals surface area contributed by atoms with E-state index in [-0.39, 0.29) is 18.0 Å². The number of carbonyl (C=O) groups excluding carboxylic acids is 2. The molecule has 0 saturated carbocycles. The lowest BCUT2D eigenvalue weighted by atomic mass is 10.0. The molecule has 0 saturated heterocycles. The predicted octanol–water partition coefficient (Wildman–Crippen LogP) is 3.23. The maximum atomic E-state index is 11.9. The van der Waals surface area contributed by atoms with Crippen LogP contribution in [0.1, 0.15) is 31.1 Å². The minimum atomic E-state index is 0.0359. The number of furan rings is 1. The first-order valence-corrected chi connectivity index (χ1v) is 6.59. The number of rotatable bonds is 6. The van der Waals surface area contributed by atoms with Crippen LogP contribution in [0.2, 0.25) is 0 Å². The summed E-state index contributed by atoms with van der Waals surface area (Å²) >= 11 is 0. The molecule has 0 amide bonds. The highest BCUT2D eigenvalue weighted by molar-refractivity contribution is 5.93. The molecule has 20 heavy (non-hydrogen) atoms. The summed E-state index contributed by atoms with van der Waals surface area (Å²) in [5.74, 6) is 1.47. The van der Waals surface area contributed by atoms with Crippen molar-refractivity contribution >= 4 is 22.5 Å². The van der Waals surface area contributed by atoms with Crippen LogP contribution in [0.5, 0.6) is 5.75 Å². The van der Waals surface area contributed by atoms with Gasteiger partial charge in [0, 0.05) is 30.2 Å².